The van der Waals surface area contributed by atoms with E-state index >= 15 is 0 Å². The standard InChI is InChI=1S/C21H23N5O3S/c1-13-18(20(28)23-14-7-3-4-8-15(14)29-2)19(16-9-6-12-30-16)26-21(22-13)24-17(25-26)10-5-11-27/h3-4,6-9,12,19,27H,5,10-11H2,1-2H3,(H,23,28)(H,22,24,25)/t19-/m1/s1. The minimum atomic E-state index is -0.397. The zero-order valence-corrected chi connectivity index (χ0v) is 17.6. The average Bonchev–Trinajstić information content (AvgIpc) is 3.41. The fraction of sp³-hybridized carbons (Fsp3) is 0.286. The molecule has 0 radical (unpaired) electrons. The number of hydrogen-bond donors (Lipinski definition) is 3. The molecular weight excluding hydrogens is 402 g/mol. The van der Waals surface area contributed by atoms with Crippen molar-refractivity contribution in [3.8, 4) is 5.75 Å². The molecule has 156 valence electrons. The fourth-order valence-corrected chi connectivity index (χ4v) is 4.30. The van der Waals surface area contributed by atoms with Crippen molar-refractivity contribution in [2.45, 2.75) is 25.8 Å². The van der Waals surface area contributed by atoms with Crippen LogP contribution in [-0.2, 0) is 11.2 Å². The molecule has 0 saturated carbocycles. The quantitative estimate of drug-likeness (QED) is 0.537. The lowest BCUT2D eigenvalue weighted by Gasteiger charge is -2.27. The van der Waals surface area contributed by atoms with Crippen molar-refractivity contribution in [3.63, 3.8) is 0 Å². The molecule has 1 amide bonds. The summed E-state index contributed by atoms with van der Waals surface area (Å²) >= 11 is 1.56. The Kier molecular flexibility index (Phi) is 5.82. The van der Waals surface area contributed by atoms with Crippen LogP contribution in [0.3, 0.4) is 0 Å². The summed E-state index contributed by atoms with van der Waals surface area (Å²) in [7, 11) is 1.57. The van der Waals surface area contributed by atoms with E-state index in [0.29, 0.717) is 41.6 Å². The maximum absolute atomic E-state index is 13.4. The summed E-state index contributed by atoms with van der Waals surface area (Å²) in [6.45, 7) is 1.94. The van der Waals surface area contributed by atoms with Crippen LogP contribution >= 0.6 is 11.3 Å². The van der Waals surface area contributed by atoms with Gasteiger partial charge in [0.05, 0.1) is 18.4 Å². The van der Waals surface area contributed by atoms with Gasteiger partial charge in [-0.2, -0.15) is 10.1 Å². The first kappa shape index (κ1) is 20.1. The number of nitrogens with zero attached hydrogens (tertiary/aromatic N) is 3. The highest BCUT2D eigenvalue weighted by atomic mass is 32.1. The van der Waals surface area contributed by atoms with Crippen LogP contribution in [0.1, 0.15) is 30.1 Å². The summed E-state index contributed by atoms with van der Waals surface area (Å²) in [6.07, 6.45) is 1.15. The number of fused-ring (bicyclic) bond motifs is 1. The number of carbonyl (C=O) groups excluding carboxylic acids is 1. The molecule has 1 aliphatic heterocycles. The molecule has 1 aliphatic rings. The second-order valence-corrected chi connectivity index (χ2v) is 7.84. The highest BCUT2D eigenvalue weighted by Gasteiger charge is 2.35. The second kappa shape index (κ2) is 8.68. The fourth-order valence-electron chi connectivity index (χ4n) is 3.48. The van der Waals surface area contributed by atoms with Gasteiger partial charge in [0, 0.05) is 23.6 Å². The predicted molar refractivity (Wildman–Crippen MR) is 116 cm³/mol. The molecular formula is C21H23N5O3S. The van der Waals surface area contributed by atoms with Gasteiger partial charge < -0.3 is 20.5 Å². The summed E-state index contributed by atoms with van der Waals surface area (Å²) in [5.74, 6) is 1.58. The predicted octanol–water partition coefficient (Wildman–Crippen LogP) is 3.20. The Morgan fingerprint density at radius 1 is 1.33 bits per heavy atom. The Balaban J connectivity index is 1.72. The van der Waals surface area contributed by atoms with Crippen LogP contribution in [0.4, 0.5) is 11.6 Å². The number of methoxy groups -OCH3 is 1. The SMILES string of the molecule is COc1ccccc1NC(=O)C1=C(C)Nc2nc(CCCO)nn2[C@@H]1c1cccs1. The molecule has 1 aromatic carbocycles. The highest BCUT2D eigenvalue weighted by Crippen LogP contribution is 2.38. The van der Waals surface area contributed by atoms with E-state index in [9.17, 15) is 4.79 Å². The maximum atomic E-state index is 13.4. The number of aliphatic hydroxyl groups excluding tert-OH is 1. The topological polar surface area (TPSA) is 101 Å². The zero-order valence-electron chi connectivity index (χ0n) is 16.8. The molecule has 0 fully saturated rings. The van der Waals surface area contributed by atoms with Gasteiger partial charge in [-0.05, 0) is 36.9 Å². The van der Waals surface area contributed by atoms with Gasteiger partial charge in [-0.15, -0.1) is 11.3 Å². The van der Waals surface area contributed by atoms with Crippen molar-refractivity contribution in [2.75, 3.05) is 24.4 Å². The Morgan fingerprint density at radius 3 is 2.90 bits per heavy atom. The number of nitrogens with one attached hydrogen (secondary N) is 2. The Morgan fingerprint density at radius 2 is 2.17 bits per heavy atom. The highest BCUT2D eigenvalue weighted by molar-refractivity contribution is 7.10. The monoisotopic (exact) mass is 425 g/mol. The number of aliphatic hydroxyl groups is 1. The van der Waals surface area contributed by atoms with E-state index in [-0.39, 0.29) is 12.5 Å². The van der Waals surface area contributed by atoms with Crippen LogP contribution in [0.5, 0.6) is 5.75 Å². The molecule has 3 heterocycles. The second-order valence-electron chi connectivity index (χ2n) is 6.86. The van der Waals surface area contributed by atoms with Crippen LogP contribution in [0.15, 0.2) is 53.0 Å². The van der Waals surface area contributed by atoms with Crippen molar-refractivity contribution >= 4 is 28.9 Å². The minimum absolute atomic E-state index is 0.0789. The number of amides is 1. The molecule has 30 heavy (non-hydrogen) atoms. The number of hydrogen-bond acceptors (Lipinski definition) is 7. The van der Waals surface area contributed by atoms with Crippen molar-refractivity contribution in [3.05, 3.63) is 63.7 Å². The van der Waals surface area contributed by atoms with Gasteiger partial charge in [0.1, 0.15) is 11.8 Å². The summed E-state index contributed by atoms with van der Waals surface area (Å²) in [4.78, 5) is 18.9. The number of aryl methyl sites for hydroxylation is 1. The Labute approximate surface area is 178 Å². The van der Waals surface area contributed by atoms with Gasteiger partial charge in [-0.1, -0.05) is 18.2 Å². The van der Waals surface area contributed by atoms with E-state index in [1.807, 2.05) is 36.6 Å². The number of para-hydroxylation sites is 2. The molecule has 0 bridgehead atoms. The number of anilines is 2. The van der Waals surface area contributed by atoms with E-state index in [4.69, 9.17) is 9.84 Å². The van der Waals surface area contributed by atoms with E-state index in [2.05, 4.69) is 20.7 Å². The number of aromatic nitrogens is 3. The van der Waals surface area contributed by atoms with E-state index in [0.717, 1.165) is 10.6 Å². The average molecular weight is 426 g/mol. The lowest BCUT2D eigenvalue weighted by atomic mass is 10.0. The molecule has 3 N–H and O–H groups in total. The molecule has 9 heteroatoms. The molecule has 1 atom stereocenters. The first-order valence-corrected chi connectivity index (χ1v) is 10.5. The third-order valence-corrected chi connectivity index (χ3v) is 5.79. The van der Waals surface area contributed by atoms with Crippen LogP contribution in [0, 0.1) is 0 Å². The van der Waals surface area contributed by atoms with Crippen molar-refractivity contribution in [2.24, 2.45) is 0 Å². The zero-order chi connectivity index (χ0) is 21.1. The third kappa shape index (κ3) is 3.81. The van der Waals surface area contributed by atoms with Crippen molar-refractivity contribution < 1.29 is 14.6 Å². The minimum Gasteiger partial charge on any atom is -0.495 e. The number of rotatable bonds is 7. The van der Waals surface area contributed by atoms with Gasteiger partial charge in [0.15, 0.2) is 5.82 Å². The van der Waals surface area contributed by atoms with Gasteiger partial charge in [-0.3, -0.25) is 4.79 Å². The smallest absolute Gasteiger partial charge is 0.256 e. The Hall–Kier alpha value is -3.17. The number of ether oxygens (including phenoxy) is 1. The number of benzene rings is 1. The summed E-state index contributed by atoms with van der Waals surface area (Å²) in [6, 6.07) is 10.8. The van der Waals surface area contributed by atoms with Gasteiger partial charge in [0.2, 0.25) is 5.95 Å². The summed E-state index contributed by atoms with van der Waals surface area (Å²) in [5.41, 5.74) is 1.88. The van der Waals surface area contributed by atoms with Crippen molar-refractivity contribution in [1.82, 2.24) is 14.8 Å². The first-order chi connectivity index (χ1) is 14.6. The van der Waals surface area contributed by atoms with Crippen LogP contribution < -0.4 is 15.4 Å². The normalized spacial score (nSPS) is 15.5. The molecule has 2 aromatic heterocycles. The van der Waals surface area contributed by atoms with E-state index in [1.54, 1.807) is 35.3 Å². The lowest BCUT2D eigenvalue weighted by Crippen LogP contribution is -2.31. The molecule has 4 rings (SSSR count). The van der Waals surface area contributed by atoms with E-state index in [1.165, 1.54) is 0 Å². The van der Waals surface area contributed by atoms with Gasteiger partial charge >= 0.3 is 0 Å². The largest absolute Gasteiger partial charge is 0.495 e. The molecule has 3 aromatic rings. The number of thiophene rings is 1. The number of carbonyl (C=O) groups is 1. The summed E-state index contributed by atoms with van der Waals surface area (Å²) < 4.78 is 7.12. The molecule has 0 spiro atoms. The molecule has 0 saturated heterocycles. The van der Waals surface area contributed by atoms with Crippen LogP contribution in [-0.4, -0.2) is 39.5 Å². The Bertz CT molecular complexity index is 1070. The van der Waals surface area contributed by atoms with Gasteiger partial charge in [0.25, 0.3) is 5.91 Å². The molecule has 8 nitrogen and oxygen atoms in total. The number of allylic oxidation sites excluding steroid dienone is 1. The van der Waals surface area contributed by atoms with Gasteiger partial charge in [-0.25, -0.2) is 4.68 Å². The first-order valence-electron chi connectivity index (χ1n) is 9.64. The third-order valence-electron chi connectivity index (χ3n) is 4.87. The molecule has 0 aliphatic carbocycles. The van der Waals surface area contributed by atoms with E-state index < -0.39 is 6.04 Å². The van der Waals surface area contributed by atoms with Crippen LogP contribution in [0.25, 0.3) is 0 Å². The van der Waals surface area contributed by atoms with Crippen molar-refractivity contribution in [1.29, 1.82) is 0 Å². The van der Waals surface area contributed by atoms with Crippen LogP contribution in [0.2, 0.25) is 0 Å². The molecule has 0 unspecified atom stereocenters. The maximum Gasteiger partial charge on any atom is 0.256 e. The summed E-state index contributed by atoms with van der Waals surface area (Å²) in [5, 5.41) is 21.9. The lowest BCUT2D eigenvalue weighted by molar-refractivity contribution is -0.113.